The molecule has 1 aromatic carbocycles. The smallest absolute Gasteiger partial charge is 0.228 e. The molecule has 0 fully saturated rings. The Bertz CT molecular complexity index is 1450. The molecule has 0 aliphatic carbocycles. The first-order valence-corrected chi connectivity index (χ1v) is 12.0. The molecular formula is C24H23ClFN9O. The Morgan fingerprint density at radius 2 is 2.03 bits per heavy atom. The highest BCUT2D eigenvalue weighted by Gasteiger charge is 2.37. The highest BCUT2D eigenvalue weighted by molar-refractivity contribution is 6.33. The molecule has 0 spiro atoms. The minimum atomic E-state index is -0.411. The van der Waals surface area contributed by atoms with Gasteiger partial charge in [0, 0.05) is 38.9 Å². The number of ether oxygens (including phenoxy) is 1. The number of anilines is 2. The van der Waals surface area contributed by atoms with E-state index >= 15 is 0 Å². The summed E-state index contributed by atoms with van der Waals surface area (Å²) in [5.74, 6) is 2.22. The van der Waals surface area contributed by atoms with E-state index in [-0.39, 0.29) is 18.3 Å². The standard InChI is InChI=1S/C24H23ClFN9O/c1-33-19(8-10-28-33)30-24-27-9-7-17(29-24)15-13-34-11-4-12-35-20(31-32-23(35)22(34)21(15)25)14-36-18-6-3-2-5-16(18)26/h2-3,5-10,15H,4,11-14H2,1H3,(H,27,29,30). The fourth-order valence-electron chi connectivity index (χ4n) is 4.60. The van der Waals surface area contributed by atoms with Crippen molar-refractivity contribution in [1.82, 2.24) is 39.4 Å². The van der Waals surface area contributed by atoms with Gasteiger partial charge in [-0.3, -0.25) is 4.68 Å². The van der Waals surface area contributed by atoms with Gasteiger partial charge in [0.05, 0.1) is 28.5 Å². The number of nitrogens with one attached hydrogen (secondary N) is 1. The highest BCUT2D eigenvalue weighted by Crippen LogP contribution is 2.43. The van der Waals surface area contributed by atoms with Gasteiger partial charge in [-0.15, -0.1) is 10.2 Å². The zero-order chi connectivity index (χ0) is 24.6. The van der Waals surface area contributed by atoms with E-state index in [0.29, 0.717) is 29.2 Å². The van der Waals surface area contributed by atoms with Crippen molar-refractivity contribution in [2.45, 2.75) is 25.5 Å². The van der Waals surface area contributed by atoms with E-state index in [4.69, 9.17) is 21.3 Å². The molecule has 12 heteroatoms. The Morgan fingerprint density at radius 3 is 2.86 bits per heavy atom. The second kappa shape index (κ2) is 9.23. The average Bonchev–Trinajstić information content (AvgIpc) is 3.52. The second-order valence-electron chi connectivity index (χ2n) is 8.63. The van der Waals surface area contributed by atoms with Crippen molar-refractivity contribution in [2.24, 2.45) is 7.05 Å². The zero-order valence-electron chi connectivity index (χ0n) is 19.5. The third-order valence-electron chi connectivity index (χ3n) is 6.39. The molecule has 1 unspecified atom stereocenters. The number of fused-ring (bicyclic) bond motifs is 3. The Hall–Kier alpha value is -3.99. The summed E-state index contributed by atoms with van der Waals surface area (Å²) >= 11 is 6.99. The molecule has 6 rings (SSSR count). The minimum absolute atomic E-state index is 0.108. The number of benzene rings is 1. The average molecular weight is 508 g/mol. The van der Waals surface area contributed by atoms with Gasteiger partial charge in [-0.2, -0.15) is 5.10 Å². The molecular weight excluding hydrogens is 485 g/mol. The van der Waals surface area contributed by atoms with Crippen LogP contribution < -0.4 is 10.1 Å². The lowest BCUT2D eigenvalue weighted by Crippen LogP contribution is -2.21. The number of para-hydroxylation sites is 1. The summed E-state index contributed by atoms with van der Waals surface area (Å²) in [5.41, 5.74) is 1.66. The first-order chi connectivity index (χ1) is 17.6. The van der Waals surface area contributed by atoms with Crippen molar-refractivity contribution < 1.29 is 9.13 Å². The Labute approximate surface area is 211 Å². The van der Waals surface area contributed by atoms with E-state index in [9.17, 15) is 4.39 Å². The lowest BCUT2D eigenvalue weighted by molar-refractivity contribution is 0.274. The summed E-state index contributed by atoms with van der Waals surface area (Å²) in [7, 11) is 1.84. The molecule has 184 valence electrons. The Morgan fingerprint density at radius 1 is 1.14 bits per heavy atom. The predicted octanol–water partition coefficient (Wildman–Crippen LogP) is 3.67. The molecule has 1 N–H and O–H groups in total. The minimum Gasteiger partial charge on any atom is -0.483 e. The molecule has 3 aromatic heterocycles. The van der Waals surface area contributed by atoms with Gasteiger partial charge in [-0.1, -0.05) is 23.7 Å². The van der Waals surface area contributed by atoms with Crippen molar-refractivity contribution in [3.8, 4) is 5.75 Å². The van der Waals surface area contributed by atoms with Crippen molar-refractivity contribution in [3.05, 3.63) is 77.0 Å². The molecule has 4 aromatic rings. The Kier molecular flexibility index (Phi) is 5.76. The molecule has 36 heavy (non-hydrogen) atoms. The first-order valence-electron chi connectivity index (χ1n) is 11.6. The lowest BCUT2D eigenvalue weighted by Gasteiger charge is -2.19. The predicted molar refractivity (Wildman–Crippen MR) is 131 cm³/mol. The maximum atomic E-state index is 14.0. The molecule has 0 saturated carbocycles. The van der Waals surface area contributed by atoms with Gasteiger partial charge >= 0.3 is 0 Å². The van der Waals surface area contributed by atoms with Gasteiger partial charge < -0.3 is 19.5 Å². The van der Waals surface area contributed by atoms with E-state index < -0.39 is 5.82 Å². The number of nitrogens with zero attached hydrogens (tertiary/aromatic N) is 8. The van der Waals surface area contributed by atoms with Gasteiger partial charge in [0.25, 0.3) is 0 Å². The van der Waals surface area contributed by atoms with Crippen LogP contribution in [0.1, 0.15) is 29.7 Å². The van der Waals surface area contributed by atoms with Gasteiger partial charge in [0.2, 0.25) is 5.95 Å². The van der Waals surface area contributed by atoms with Gasteiger partial charge in [0.1, 0.15) is 12.4 Å². The third kappa shape index (κ3) is 4.05. The SMILES string of the molecule is Cn1nccc1Nc1nccc(C2CN3CCCn4c(COc5ccccc5F)nnc4C3=C2Cl)n1. The Balaban J connectivity index is 1.28. The van der Waals surface area contributed by atoms with Crippen LogP contribution in [0.3, 0.4) is 0 Å². The van der Waals surface area contributed by atoms with Crippen LogP contribution in [0.25, 0.3) is 5.70 Å². The summed E-state index contributed by atoms with van der Waals surface area (Å²) in [6, 6.07) is 10.1. The molecule has 10 nitrogen and oxygen atoms in total. The molecule has 0 radical (unpaired) electrons. The van der Waals surface area contributed by atoms with Crippen LogP contribution in [0.15, 0.2) is 53.8 Å². The summed E-state index contributed by atoms with van der Waals surface area (Å²) in [6.07, 6.45) is 4.31. The first kappa shape index (κ1) is 22.5. The number of hydrogen-bond acceptors (Lipinski definition) is 8. The van der Waals surface area contributed by atoms with Gasteiger partial charge in [-0.05, 0) is 24.6 Å². The molecule has 2 aliphatic heterocycles. The van der Waals surface area contributed by atoms with Crippen LogP contribution in [-0.4, -0.2) is 52.5 Å². The van der Waals surface area contributed by atoms with Gasteiger partial charge in [0.15, 0.2) is 23.2 Å². The van der Waals surface area contributed by atoms with Crippen molar-refractivity contribution in [3.63, 3.8) is 0 Å². The molecule has 0 saturated heterocycles. The fraction of sp³-hybridized carbons (Fsp3) is 0.292. The maximum absolute atomic E-state index is 14.0. The summed E-state index contributed by atoms with van der Waals surface area (Å²) in [4.78, 5) is 11.3. The lowest BCUT2D eigenvalue weighted by atomic mass is 10.1. The van der Waals surface area contributed by atoms with Crippen LogP contribution in [0.2, 0.25) is 0 Å². The third-order valence-corrected chi connectivity index (χ3v) is 6.83. The largest absolute Gasteiger partial charge is 0.483 e. The van der Waals surface area contributed by atoms with E-state index in [2.05, 4.69) is 30.5 Å². The van der Waals surface area contributed by atoms with Crippen LogP contribution >= 0.6 is 11.6 Å². The van der Waals surface area contributed by atoms with E-state index in [1.165, 1.54) is 6.07 Å². The molecule has 0 bridgehead atoms. The molecule has 1 atom stereocenters. The summed E-state index contributed by atoms with van der Waals surface area (Å²) in [5, 5.41) is 16.8. The number of halogens is 2. The van der Waals surface area contributed by atoms with Crippen LogP contribution in [0, 0.1) is 5.82 Å². The maximum Gasteiger partial charge on any atom is 0.228 e. The van der Waals surface area contributed by atoms with E-state index in [1.54, 1.807) is 35.3 Å². The monoisotopic (exact) mass is 507 g/mol. The fourth-order valence-corrected chi connectivity index (χ4v) is 4.98. The summed E-state index contributed by atoms with van der Waals surface area (Å²) < 4.78 is 23.4. The quantitative estimate of drug-likeness (QED) is 0.422. The van der Waals surface area contributed by atoms with Crippen LogP contribution in [0.4, 0.5) is 16.2 Å². The number of aromatic nitrogens is 7. The molecule has 2 aliphatic rings. The van der Waals surface area contributed by atoms with Crippen LogP contribution in [0.5, 0.6) is 5.75 Å². The molecule has 0 amide bonds. The number of aryl methyl sites for hydroxylation is 1. The second-order valence-corrected chi connectivity index (χ2v) is 9.04. The zero-order valence-corrected chi connectivity index (χ0v) is 20.2. The molecule has 5 heterocycles. The number of rotatable bonds is 6. The number of hydrogen-bond donors (Lipinski definition) is 1. The van der Waals surface area contributed by atoms with Crippen molar-refractivity contribution >= 4 is 29.1 Å². The van der Waals surface area contributed by atoms with Crippen LogP contribution in [-0.2, 0) is 20.2 Å². The van der Waals surface area contributed by atoms with Crippen molar-refractivity contribution in [1.29, 1.82) is 0 Å². The highest BCUT2D eigenvalue weighted by atomic mass is 35.5. The van der Waals surface area contributed by atoms with Crippen molar-refractivity contribution in [2.75, 3.05) is 18.4 Å². The van der Waals surface area contributed by atoms with E-state index in [1.807, 2.05) is 23.7 Å². The van der Waals surface area contributed by atoms with Gasteiger partial charge in [-0.25, -0.2) is 14.4 Å². The van der Waals surface area contributed by atoms with E-state index in [0.717, 1.165) is 36.7 Å². The summed E-state index contributed by atoms with van der Waals surface area (Å²) in [6.45, 7) is 2.34. The normalized spacial score (nSPS) is 17.1. The topological polar surface area (TPSA) is 98.8 Å².